The normalized spacial score (nSPS) is 12.2. The lowest BCUT2D eigenvalue weighted by Crippen LogP contribution is -2.12. The Morgan fingerprint density at radius 3 is 2.70 bits per heavy atom. The van der Waals surface area contributed by atoms with Crippen molar-refractivity contribution in [1.29, 1.82) is 0 Å². The Morgan fingerprint density at radius 2 is 1.93 bits per heavy atom. The average molecular weight is 541 g/mol. The van der Waals surface area contributed by atoms with Gasteiger partial charge in [-0.15, -0.1) is 11.3 Å². The first-order valence-corrected chi connectivity index (χ1v) is 13.9. The van der Waals surface area contributed by atoms with Crippen molar-refractivity contribution in [2.45, 2.75) is 13.3 Å². The van der Waals surface area contributed by atoms with Gasteiger partial charge in [-0.05, 0) is 59.9 Å². The molecule has 40 heavy (non-hydrogen) atoms. The van der Waals surface area contributed by atoms with Gasteiger partial charge in [0.2, 0.25) is 0 Å². The number of aromatic nitrogens is 5. The Hall–Kier alpha value is -5.01. The van der Waals surface area contributed by atoms with Gasteiger partial charge < -0.3 is 10.3 Å². The van der Waals surface area contributed by atoms with Crippen molar-refractivity contribution in [3.63, 3.8) is 0 Å². The van der Waals surface area contributed by atoms with E-state index in [1.807, 2.05) is 49.6 Å². The van der Waals surface area contributed by atoms with Gasteiger partial charge in [-0.1, -0.05) is 55.6 Å². The number of thiophene rings is 1. The second-order valence-corrected chi connectivity index (χ2v) is 10.4. The van der Waals surface area contributed by atoms with Gasteiger partial charge in [0.05, 0.1) is 22.0 Å². The minimum atomic E-state index is 0.659. The molecule has 7 heteroatoms. The first-order chi connectivity index (χ1) is 19.6. The summed E-state index contributed by atoms with van der Waals surface area (Å²) in [5.41, 5.74) is 9.42. The number of nitrogens with zero attached hydrogens (tertiary/aromatic N) is 3. The van der Waals surface area contributed by atoms with Crippen LogP contribution in [-0.2, 0) is 6.42 Å². The Kier molecular flexibility index (Phi) is 6.95. The van der Waals surface area contributed by atoms with Crippen molar-refractivity contribution in [3.05, 3.63) is 132 Å². The molecule has 0 bridgehead atoms. The van der Waals surface area contributed by atoms with Gasteiger partial charge in [-0.25, -0.2) is 4.98 Å². The zero-order valence-corrected chi connectivity index (χ0v) is 22.9. The van der Waals surface area contributed by atoms with Crippen molar-refractivity contribution >= 4 is 38.8 Å². The fourth-order valence-electron chi connectivity index (χ4n) is 4.80. The molecule has 5 aromatic heterocycles. The van der Waals surface area contributed by atoms with Gasteiger partial charge in [0.1, 0.15) is 0 Å². The Balaban J connectivity index is 1.32. The third kappa shape index (κ3) is 5.02. The molecule has 0 unspecified atom stereocenters. The summed E-state index contributed by atoms with van der Waals surface area (Å²) in [5, 5.41) is 15.2. The highest BCUT2D eigenvalue weighted by Crippen LogP contribution is 2.34. The lowest BCUT2D eigenvalue weighted by molar-refractivity contribution is 0.942. The van der Waals surface area contributed by atoms with Gasteiger partial charge in [0, 0.05) is 52.1 Å². The summed E-state index contributed by atoms with van der Waals surface area (Å²) in [6.07, 6.45) is 10.4. The highest BCUT2D eigenvalue weighted by atomic mass is 32.1. The number of hydrogen-bond donors (Lipinski definition) is 3. The van der Waals surface area contributed by atoms with Gasteiger partial charge >= 0.3 is 0 Å². The van der Waals surface area contributed by atoms with Crippen molar-refractivity contribution in [3.8, 4) is 22.0 Å². The molecule has 0 saturated heterocycles. The molecule has 6 aromatic rings. The van der Waals surface area contributed by atoms with E-state index >= 15 is 0 Å². The maximum atomic E-state index is 4.66. The van der Waals surface area contributed by atoms with Crippen LogP contribution in [0.25, 0.3) is 49.5 Å². The Morgan fingerprint density at radius 1 is 1.05 bits per heavy atom. The molecule has 0 saturated carbocycles. The fraction of sp³-hybridized carbons (Fsp3) is 0.0606. The van der Waals surface area contributed by atoms with Crippen LogP contribution in [0.5, 0.6) is 0 Å². The van der Waals surface area contributed by atoms with Crippen molar-refractivity contribution in [2.75, 3.05) is 0 Å². The molecule has 0 spiro atoms. The minimum Gasteiger partial charge on any atom is -0.359 e. The highest BCUT2D eigenvalue weighted by Gasteiger charge is 2.15. The quantitative estimate of drug-likeness (QED) is 0.162. The van der Waals surface area contributed by atoms with E-state index in [9.17, 15) is 0 Å². The topological polar surface area (TPSA) is 82.3 Å². The zero-order valence-electron chi connectivity index (χ0n) is 22.1. The van der Waals surface area contributed by atoms with E-state index in [2.05, 4.69) is 91.5 Å². The molecular formula is C33H28N6S. The molecule has 0 aliphatic heterocycles. The molecule has 1 aromatic carbocycles. The number of nitrogens with one attached hydrogen (secondary N) is 3. The van der Waals surface area contributed by atoms with E-state index in [-0.39, 0.29) is 0 Å². The van der Waals surface area contributed by atoms with Crippen LogP contribution in [0.3, 0.4) is 0 Å². The van der Waals surface area contributed by atoms with Crippen LogP contribution < -0.4 is 5.32 Å². The van der Waals surface area contributed by atoms with Crippen molar-refractivity contribution in [1.82, 2.24) is 30.5 Å². The summed E-state index contributed by atoms with van der Waals surface area (Å²) >= 11 is 1.68. The zero-order chi connectivity index (χ0) is 27.5. The largest absolute Gasteiger partial charge is 0.359 e. The molecule has 0 radical (unpaired) electrons. The molecule has 6 nitrogen and oxygen atoms in total. The lowest BCUT2D eigenvalue weighted by atomic mass is 10.0. The van der Waals surface area contributed by atoms with Crippen molar-refractivity contribution in [2.24, 2.45) is 0 Å². The van der Waals surface area contributed by atoms with Gasteiger partial charge in [0.25, 0.3) is 0 Å². The van der Waals surface area contributed by atoms with Gasteiger partial charge in [-0.3, -0.25) is 10.1 Å². The first-order valence-electron chi connectivity index (χ1n) is 13.0. The van der Waals surface area contributed by atoms with Crippen molar-refractivity contribution < 1.29 is 0 Å². The maximum absolute atomic E-state index is 4.66. The van der Waals surface area contributed by atoms with Crippen LogP contribution in [0.2, 0.25) is 0 Å². The average Bonchev–Trinajstić information content (AvgIpc) is 3.74. The number of hydrogen-bond acceptors (Lipinski definition) is 5. The number of benzene rings is 1. The second kappa shape index (κ2) is 11.0. The number of aromatic amines is 2. The number of fused-ring (bicyclic) bond motifs is 2. The van der Waals surface area contributed by atoms with Gasteiger partial charge in [0.15, 0.2) is 5.65 Å². The number of rotatable bonds is 9. The van der Waals surface area contributed by atoms with Crippen LogP contribution in [-0.4, -0.2) is 25.1 Å². The summed E-state index contributed by atoms with van der Waals surface area (Å²) in [6, 6.07) is 20.7. The lowest BCUT2D eigenvalue weighted by Gasteiger charge is -2.12. The van der Waals surface area contributed by atoms with Crippen LogP contribution in [0.1, 0.15) is 18.1 Å². The fourth-order valence-corrected chi connectivity index (χ4v) is 5.53. The second-order valence-electron chi connectivity index (χ2n) is 9.41. The molecule has 6 rings (SSSR count). The van der Waals surface area contributed by atoms with E-state index in [1.54, 1.807) is 17.4 Å². The molecular weight excluding hydrogens is 512 g/mol. The first kappa shape index (κ1) is 25.3. The highest BCUT2D eigenvalue weighted by molar-refractivity contribution is 7.13. The molecule has 0 aliphatic carbocycles. The number of allylic oxidation sites excluding steroid dienone is 5. The smallest absolute Gasteiger partial charge is 0.181 e. The molecule has 0 atom stereocenters. The third-order valence-electron chi connectivity index (χ3n) is 6.74. The molecule has 0 fully saturated rings. The Bertz CT molecular complexity index is 1890. The van der Waals surface area contributed by atoms with Gasteiger partial charge in [-0.2, -0.15) is 5.10 Å². The monoisotopic (exact) mass is 540 g/mol. The van der Waals surface area contributed by atoms with E-state index in [4.69, 9.17) is 0 Å². The van der Waals surface area contributed by atoms with Crippen LogP contribution in [0.4, 0.5) is 0 Å². The predicted molar refractivity (Wildman–Crippen MR) is 167 cm³/mol. The standard InChI is InChI=1S/C33H28N6S/c1-4-23(17-25(5-2)36-21(3)16-22-10-7-6-8-11-22)24-18-27-31(38-39-33(27)35-20-24)29-19-26-28(37-29)13-14-34-32(26)30-12-9-15-40-30/h4-15,17-20,36-37H,2-3,16H2,1H3,(H,35,38,39)/b23-4+,25-17+. The maximum Gasteiger partial charge on any atom is 0.181 e. The van der Waals surface area contributed by atoms with E-state index < -0.39 is 0 Å². The van der Waals surface area contributed by atoms with E-state index in [0.717, 1.165) is 67.2 Å². The number of pyridine rings is 2. The van der Waals surface area contributed by atoms with E-state index in [0.29, 0.717) is 5.65 Å². The minimum absolute atomic E-state index is 0.659. The molecule has 3 N–H and O–H groups in total. The number of H-pyrrole nitrogens is 2. The third-order valence-corrected chi connectivity index (χ3v) is 7.61. The molecule has 5 heterocycles. The van der Waals surface area contributed by atoms with E-state index in [1.165, 1.54) is 5.56 Å². The summed E-state index contributed by atoms with van der Waals surface area (Å²) in [7, 11) is 0. The molecule has 196 valence electrons. The Labute approximate surface area is 236 Å². The summed E-state index contributed by atoms with van der Waals surface area (Å²) < 4.78 is 0. The summed E-state index contributed by atoms with van der Waals surface area (Å²) in [6.45, 7) is 10.2. The molecule has 0 aliphatic rings. The summed E-state index contributed by atoms with van der Waals surface area (Å²) in [5.74, 6) is 0. The SMILES string of the molecule is C=C/C(=C\C(=C/C)c1cnc2n[nH]c(-c3cc4c(-c5cccs5)nccc4[nH]3)c2c1)NC(=C)Cc1ccccc1. The molecule has 0 amide bonds. The summed E-state index contributed by atoms with van der Waals surface area (Å²) in [4.78, 5) is 14.0. The van der Waals surface area contributed by atoms with Crippen LogP contribution in [0.15, 0.2) is 121 Å². The van der Waals surface area contributed by atoms with Crippen LogP contribution >= 0.6 is 11.3 Å². The predicted octanol–water partition coefficient (Wildman–Crippen LogP) is 8.05. The van der Waals surface area contributed by atoms with Crippen LogP contribution in [0, 0.1) is 0 Å².